The first kappa shape index (κ1) is 33.1. The minimum Gasteiger partial charge on any atom is -0.444 e. The molecule has 1 N–H and O–H groups in total. The van der Waals surface area contributed by atoms with Crippen molar-refractivity contribution in [1.29, 1.82) is 0 Å². The molecule has 6 fully saturated rings. The lowest BCUT2D eigenvalue weighted by molar-refractivity contribution is -0.219. The fourth-order valence-electron chi connectivity index (χ4n) is 10.5. The van der Waals surface area contributed by atoms with E-state index in [1.807, 2.05) is 45.2 Å². The molecule has 3 saturated carbocycles. The Morgan fingerprint density at radius 1 is 1.00 bits per heavy atom. The summed E-state index contributed by atoms with van der Waals surface area (Å²) in [4.78, 5) is 51.9. The summed E-state index contributed by atoms with van der Waals surface area (Å²) in [6, 6.07) is 4.92. The van der Waals surface area contributed by atoms with Gasteiger partial charge in [0.05, 0.1) is 35.9 Å². The van der Waals surface area contributed by atoms with Gasteiger partial charge < -0.3 is 24.6 Å². The Labute approximate surface area is 289 Å². The van der Waals surface area contributed by atoms with Gasteiger partial charge in [-0.25, -0.2) is 9.18 Å². The van der Waals surface area contributed by atoms with Gasteiger partial charge in [0.15, 0.2) is 5.78 Å². The highest BCUT2D eigenvalue weighted by Gasteiger charge is 2.61. The number of halogens is 1. The molecule has 1 aromatic rings. The quantitative estimate of drug-likeness (QED) is 0.462. The molecule has 8 rings (SSSR count). The first-order chi connectivity index (χ1) is 23.5. The number of Topliss-reactive ketones (excluding diaryl/α,β-unsaturated/α-hetero) is 1. The Bertz CT molecular complexity index is 1470. The Morgan fingerprint density at radius 2 is 1.80 bits per heavy atom. The molecule has 7 aliphatic rings. The number of amides is 2. The maximum Gasteiger partial charge on any atom is 0.407 e. The number of nitrogens with one attached hydrogen (secondary N) is 1. The number of carbonyl (C=O) groups excluding carboxylic acids is 3. The summed E-state index contributed by atoms with van der Waals surface area (Å²) in [6.07, 6.45) is 9.71. The molecule has 0 aromatic carbocycles. The Hall–Kier alpha value is -3.05. The van der Waals surface area contributed by atoms with E-state index >= 15 is 4.39 Å². The summed E-state index contributed by atoms with van der Waals surface area (Å²) < 4.78 is 29.2. The van der Waals surface area contributed by atoms with E-state index in [2.05, 4.69) is 20.1 Å². The van der Waals surface area contributed by atoms with E-state index in [9.17, 15) is 14.4 Å². The molecule has 3 aliphatic carbocycles. The van der Waals surface area contributed by atoms with E-state index in [4.69, 9.17) is 9.47 Å². The van der Waals surface area contributed by atoms with Crippen molar-refractivity contribution >= 4 is 17.8 Å². The number of carbonyl (C=O) groups is 3. The van der Waals surface area contributed by atoms with Gasteiger partial charge in [0.25, 0.3) is 5.91 Å². The molecule has 11 heteroatoms. The van der Waals surface area contributed by atoms with Gasteiger partial charge in [-0.05, 0) is 76.8 Å². The number of ketones is 1. The average Bonchev–Trinajstić information content (AvgIpc) is 3.75. The van der Waals surface area contributed by atoms with Crippen molar-refractivity contribution in [2.75, 3.05) is 26.2 Å². The summed E-state index contributed by atoms with van der Waals surface area (Å²) in [5.41, 5.74) is 0.574. The highest BCUT2D eigenvalue weighted by Crippen LogP contribution is 2.51. The van der Waals surface area contributed by atoms with Crippen LogP contribution in [-0.4, -0.2) is 112 Å². The predicted octanol–water partition coefficient (Wildman–Crippen LogP) is 4.60. The molecule has 1 aromatic heterocycles. The third kappa shape index (κ3) is 6.28. The van der Waals surface area contributed by atoms with Gasteiger partial charge in [0.2, 0.25) is 0 Å². The molecule has 10 nitrogen and oxygen atoms in total. The molecule has 2 amide bonds. The van der Waals surface area contributed by atoms with Crippen molar-refractivity contribution in [2.45, 2.75) is 133 Å². The number of rotatable bonds is 4. The number of likely N-dealkylation sites (tertiary alicyclic amines) is 2. The number of fused-ring (bicyclic) bond motifs is 3. The summed E-state index contributed by atoms with van der Waals surface area (Å²) in [7, 11) is 0. The minimum absolute atomic E-state index is 0.0653. The molecule has 11 atom stereocenters. The third-order valence-electron chi connectivity index (χ3n) is 12.6. The van der Waals surface area contributed by atoms with Crippen molar-refractivity contribution in [2.24, 2.45) is 17.8 Å². The van der Waals surface area contributed by atoms with Crippen molar-refractivity contribution in [1.82, 2.24) is 25.0 Å². The van der Waals surface area contributed by atoms with Crippen LogP contribution in [0.4, 0.5) is 9.18 Å². The topological polar surface area (TPSA) is 104 Å². The summed E-state index contributed by atoms with van der Waals surface area (Å²) >= 11 is 0. The number of hydrogen-bond acceptors (Lipinski definition) is 8. The average molecular weight is 678 g/mol. The van der Waals surface area contributed by atoms with Gasteiger partial charge in [-0.3, -0.25) is 19.5 Å². The van der Waals surface area contributed by atoms with Crippen molar-refractivity contribution in [3.63, 3.8) is 0 Å². The zero-order chi connectivity index (χ0) is 34.0. The monoisotopic (exact) mass is 677 g/mol. The second-order valence-electron chi connectivity index (χ2n) is 16.8. The SMILES string of the molecule is CC(C)(C)OC(=O)NC1CCN(C2C(F)CC3C(=O)C(C(=O)N4CCC(c5ccccn5)C4)=CN4C5CC6CCCCC6CC5OC2C34)C1. The Kier molecular flexibility index (Phi) is 8.74. The lowest BCUT2D eigenvalue weighted by atomic mass is 9.64. The van der Waals surface area contributed by atoms with Crippen LogP contribution >= 0.6 is 0 Å². The first-order valence-electron chi connectivity index (χ1n) is 18.8. The van der Waals surface area contributed by atoms with Gasteiger partial charge in [-0.15, -0.1) is 0 Å². The van der Waals surface area contributed by atoms with Crippen molar-refractivity contribution < 1.29 is 28.2 Å². The molecule has 4 aliphatic heterocycles. The number of nitrogens with zero attached hydrogens (tertiary/aromatic N) is 4. The van der Waals surface area contributed by atoms with Crippen LogP contribution in [0.3, 0.4) is 0 Å². The predicted molar refractivity (Wildman–Crippen MR) is 180 cm³/mol. The van der Waals surface area contributed by atoms with Crippen LogP contribution in [0.25, 0.3) is 0 Å². The second-order valence-corrected chi connectivity index (χ2v) is 16.8. The number of aromatic nitrogens is 1. The highest BCUT2D eigenvalue weighted by molar-refractivity contribution is 6.20. The number of hydrogen-bond donors (Lipinski definition) is 1. The number of alkyl carbamates (subject to hydrolysis) is 1. The molecular formula is C38H52FN5O5. The minimum atomic E-state index is -1.30. The molecule has 49 heavy (non-hydrogen) atoms. The molecule has 0 radical (unpaired) electrons. The molecule has 0 spiro atoms. The van der Waals surface area contributed by atoms with E-state index in [1.54, 1.807) is 11.1 Å². The standard InChI is InChI=1S/C38H52FN5O5/c1-38(2,3)49-37(47)41-25-12-15-42(20-25)33-28(39)18-26-32-35(33)48-31-17-23-9-5-4-8-22(23)16-30(31)44(32)21-27(34(26)45)36(46)43-14-11-24(19-43)29-10-6-7-13-40-29/h6-7,10,13,21-26,28,30-33,35H,4-5,8-9,11-12,14-20H2,1-3H3,(H,41,47). The molecular weight excluding hydrogens is 625 g/mol. The fourth-order valence-corrected chi connectivity index (χ4v) is 10.5. The summed E-state index contributed by atoms with van der Waals surface area (Å²) in [5, 5.41) is 2.99. The zero-order valence-corrected chi connectivity index (χ0v) is 29.1. The van der Waals surface area contributed by atoms with Crippen LogP contribution < -0.4 is 5.32 Å². The Balaban J connectivity index is 1.07. The molecule has 5 heterocycles. The number of morpholine rings is 1. The van der Waals surface area contributed by atoms with E-state index < -0.39 is 35.9 Å². The van der Waals surface area contributed by atoms with Gasteiger partial charge in [-0.2, -0.15) is 0 Å². The van der Waals surface area contributed by atoms with Crippen LogP contribution in [0.1, 0.15) is 90.2 Å². The van der Waals surface area contributed by atoms with Gasteiger partial charge in [0, 0.05) is 62.1 Å². The number of pyridine rings is 1. The van der Waals surface area contributed by atoms with Crippen LogP contribution in [-0.2, 0) is 19.1 Å². The van der Waals surface area contributed by atoms with E-state index in [-0.39, 0.29) is 53.8 Å². The summed E-state index contributed by atoms with van der Waals surface area (Å²) in [5.74, 6) is 0.236. The molecule has 3 saturated heterocycles. The van der Waals surface area contributed by atoms with Crippen LogP contribution in [0.2, 0.25) is 0 Å². The molecule has 11 unspecified atom stereocenters. The number of alkyl halides is 1. The maximum absolute atomic E-state index is 16.7. The van der Waals surface area contributed by atoms with Gasteiger partial charge in [-0.1, -0.05) is 31.7 Å². The third-order valence-corrected chi connectivity index (χ3v) is 12.6. The lowest BCUT2D eigenvalue weighted by Gasteiger charge is -2.61. The first-order valence-corrected chi connectivity index (χ1v) is 18.8. The van der Waals surface area contributed by atoms with E-state index in [1.165, 1.54) is 25.7 Å². The largest absolute Gasteiger partial charge is 0.444 e. The highest BCUT2D eigenvalue weighted by atomic mass is 19.1. The van der Waals surface area contributed by atoms with Crippen LogP contribution in [0.5, 0.6) is 0 Å². The van der Waals surface area contributed by atoms with Gasteiger partial charge >= 0.3 is 6.09 Å². The fraction of sp³-hybridized carbons (Fsp3) is 0.737. The van der Waals surface area contributed by atoms with E-state index in [0.29, 0.717) is 44.4 Å². The smallest absolute Gasteiger partial charge is 0.407 e. The van der Waals surface area contributed by atoms with Crippen molar-refractivity contribution in [3.8, 4) is 0 Å². The van der Waals surface area contributed by atoms with Crippen molar-refractivity contribution in [3.05, 3.63) is 41.9 Å². The maximum atomic E-state index is 16.7. The Morgan fingerprint density at radius 3 is 2.55 bits per heavy atom. The van der Waals surface area contributed by atoms with Crippen LogP contribution in [0.15, 0.2) is 36.2 Å². The lowest BCUT2D eigenvalue weighted by Crippen LogP contribution is -2.73. The van der Waals surface area contributed by atoms with Crippen LogP contribution in [0, 0.1) is 17.8 Å². The van der Waals surface area contributed by atoms with Gasteiger partial charge in [0.1, 0.15) is 11.8 Å². The molecule has 0 bridgehead atoms. The van der Waals surface area contributed by atoms with E-state index in [0.717, 1.165) is 25.0 Å². The molecule has 266 valence electrons. The number of ether oxygens (including phenoxy) is 2. The second kappa shape index (κ2) is 12.9. The zero-order valence-electron chi connectivity index (χ0n) is 29.1. The normalized spacial score (nSPS) is 39.1. The summed E-state index contributed by atoms with van der Waals surface area (Å²) in [6.45, 7) is 7.73.